The third-order valence-electron chi connectivity index (χ3n) is 12.1. The summed E-state index contributed by atoms with van der Waals surface area (Å²) in [5, 5.41) is 11.1. The van der Waals surface area contributed by atoms with E-state index in [1.165, 1.54) is 74.6 Å². The Labute approximate surface area is 342 Å². The highest BCUT2D eigenvalue weighted by Crippen LogP contribution is 2.42. The van der Waals surface area contributed by atoms with Gasteiger partial charge in [-0.3, -0.25) is 4.57 Å². The first kappa shape index (κ1) is 32.5. The third-order valence-corrected chi connectivity index (χ3v) is 13.3. The van der Waals surface area contributed by atoms with Crippen LogP contribution < -0.4 is 0 Å². The lowest BCUT2D eigenvalue weighted by molar-refractivity contribution is 1.01. The predicted octanol–water partition coefficient (Wildman–Crippen LogP) is 14.7. The van der Waals surface area contributed by atoms with E-state index in [4.69, 9.17) is 9.97 Å². The molecule has 274 valence electrons. The van der Waals surface area contributed by atoms with E-state index in [0.717, 1.165) is 38.9 Å². The highest BCUT2D eigenvalue weighted by molar-refractivity contribution is 7.26. The number of fused-ring (bicyclic) bond motifs is 12. The van der Waals surface area contributed by atoms with Gasteiger partial charge in [-0.2, -0.15) is 0 Å². The summed E-state index contributed by atoms with van der Waals surface area (Å²) in [6.07, 6.45) is 0. The van der Waals surface area contributed by atoms with Crippen molar-refractivity contribution in [2.24, 2.45) is 0 Å². The molecule has 0 aliphatic rings. The van der Waals surface area contributed by atoms with Crippen LogP contribution in [0.25, 0.3) is 119 Å². The normalized spacial score (nSPS) is 12.1. The molecule has 4 aromatic heterocycles. The van der Waals surface area contributed by atoms with E-state index in [1.54, 1.807) is 0 Å². The van der Waals surface area contributed by atoms with Crippen LogP contribution in [-0.4, -0.2) is 19.1 Å². The van der Waals surface area contributed by atoms with Crippen LogP contribution in [0.5, 0.6) is 0 Å². The Morgan fingerprint density at radius 3 is 1.64 bits per heavy atom. The predicted molar refractivity (Wildman–Crippen MR) is 249 cm³/mol. The van der Waals surface area contributed by atoms with Gasteiger partial charge in [0.2, 0.25) is 5.95 Å². The number of hydrogen-bond acceptors (Lipinski definition) is 3. The molecule has 0 amide bonds. The minimum atomic E-state index is 0.655. The molecule has 4 heterocycles. The first-order chi connectivity index (χ1) is 29.2. The van der Waals surface area contributed by atoms with Crippen molar-refractivity contribution in [2.75, 3.05) is 0 Å². The maximum Gasteiger partial charge on any atom is 0.235 e. The molecule has 0 unspecified atom stereocenters. The molecule has 0 aliphatic carbocycles. The first-order valence-corrected chi connectivity index (χ1v) is 20.8. The van der Waals surface area contributed by atoms with Gasteiger partial charge in [0.05, 0.1) is 33.3 Å². The lowest BCUT2D eigenvalue weighted by atomic mass is 9.99. The summed E-state index contributed by atoms with van der Waals surface area (Å²) in [6, 6.07) is 70.1. The smallest absolute Gasteiger partial charge is 0.235 e. The van der Waals surface area contributed by atoms with Crippen molar-refractivity contribution in [1.82, 2.24) is 19.1 Å². The Hall–Kier alpha value is -7.60. The van der Waals surface area contributed by atoms with Gasteiger partial charge in [0.25, 0.3) is 0 Å². The molecule has 9 aromatic carbocycles. The fourth-order valence-corrected chi connectivity index (χ4v) is 10.6. The van der Waals surface area contributed by atoms with E-state index in [2.05, 4.69) is 203 Å². The highest BCUT2D eigenvalue weighted by atomic mass is 32.1. The number of nitrogens with zero attached hydrogens (tertiary/aromatic N) is 4. The number of thiophene rings is 1. The second-order valence-corrected chi connectivity index (χ2v) is 16.4. The number of hydrogen-bond donors (Lipinski definition) is 0. The zero-order valence-corrected chi connectivity index (χ0v) is 32.5. The van der Waals surface area contributed by atoms with Crippen LogP contribution in [0, 0.1) is 0 Å². The van der Waals surface area contributed by atoms with Crippen molar-refractivity contribution in [1.29, 1.82) is 0 Å². The number of rotatable bonds is 4. The molecule has 4 nitrogen and oxygen atoms in total. The minimum absolute atomic E-state index is 0.655. The Bertz CT molecular complexity index is 3800. The summed E-state index contributed by atoms with van der Waals surface area (Å²) in [4.78, 5) is 10.7. The van der Waals surface area contributed by atoms with Crippen LogP contribution in [0.1, 0.15) is 0 Å². The Morgan fingerprint density at radius 1 is 0.356 bits per heavy atom. The summed E-state index contributed by atoms with van der Waals surface area (Å²) < 4.78 is 7.22. The summed E-state index contributed by atoms with van der Waals surface area (Å²) in [7, 11) is 0. The fraction of sp³-hybridized carbons (Fsp3) is 0. The molecule has 0 atom stereocenters. The van der Waals surface area contributed by atoms with E-state index >= 15 is 0 Å². The number of benzene rings is 9. The van der Waals surface area contributed by atoms with Gasteiger partial charge in [-0.25, -0.2) is 9.97 Å². The average Bonchev–Trinajstić information content (AvgIpc) is 3.96. The van der Waals surface area contributed by atoms with Crippen molar-refractivity contribution in [3.63, 3.8) is 0 Å². The van der Waals surface area contributed by atoms with Crippen molar-refractivity contribution in [3.8, 4) is 34.0 Å². The molecular weight excluding hydrogens is 737 g/mol. The maximum absolute atomic E-state index is 5.41. The van der Waals surface area contributed by atoms with Gasteiger partial charge in [-0.05, 0) is 88.6 Å². The average molecular weight is 769 g/mol. The Kier molecular flexibility index (Phi) is 6.85. The fourth-order valence-electron chi connectivity index (χ4n) is 9.45. The van der Waals surface area contributed by atoms with Crippen LogP contribution >= 0.6 is 11.3 Å². The van der Waals surface area contributed by atoms with Gasteiger partial charge < -0.3 is 4.57 Å². The van der Waals surface area contributed by atoms with E-state index in [1.807, 2.05) is 11.3 Å². The topological polar surface area (TPSA) is 35.6 Å². The van der Waals surface area contributed by atoms with Crippen molar-refractivity contribution < 1.29 is 0 Å². The third kappa shape index (κ3) is 4.83. The zero-order valence-electron chi connectivity index (χ0n) is 31.7. The highest BCUT2D eigenvalue weighted by Gasteiger charge is 2.19. The van der Waals surface area contributed by atoms with Gasteiger partial charge in [0, 0.05) is 58.4 Å². The van der Waals surface area contributed by atoms with E-state index in [0.29, 0.717) is 5.95 Å². The molecule has 5 heteroatoms. The van der Waals surface area contributed by atoms with Gasteiger partial charge in [-0.1, -0.05) is 127 Å². The monoisotopic (exact) mass is 768 g/mol. The molecule has 0 bridgehead atoms. The minimum Gasteiger partial charge on any atom is -0.309 e. The van der Waals surface area contributed by atoms with E-state index < -0.39 is 0 Å². The molecule has 59 heavy (non-hydrogen) atoms. The summed E-state index contributed by atoms with van der Waals surface area (Å²) in [5.41, 5.74) is 10.9. The van der Waals surface area contributed by atoms with Crippen molar-refractivity contribution in [3.05, 3.63) is 194 Å². The van der Waals surface area contributed by atoms with Crippen LogP contribution in [0.3, 0.4) is 0 Å². The van der Waals surface area contributed by atoms with Gasteiger partial charge in [0.15, 0.2) is 0 Å². The molecule has 0 N–H and O–H groups in total. The first-order valence-electron chi connectivity index (χ1n) is 20.0. The summed E-state index contributed by atoms with van der Waals surface area (Å²) in [6.45, 7) is 0. The Morgan fingerprint density at radius 2 is 0.898 bits per heavy atom. The quantitative estimate of drug-likeness (QED) is 0.179. The van der Waals surface area contributed by atoms with Gasteiger partial charge >= 0.3 is 0 Å². The maximum atomic E-state index is 5.41. The molecule has 0 saturated heterocycles. The van der Waals surface area contributed by atoms with E-state index in [9.17, 15) is 0 Å². The molecule has 0 aliphatic heterocycles. The zero-order chi connectivity index (χ0) is 38.6. The lowest BCUT2D eigenvalue weighted by Gasteiger charge is -2.13. The summed E-state index contributed by atoms with van der Waals surface area (Å²) >= 11 is 1.87. The lowest BCUT2D eigenvalue weighted by Crippen LogP contribution is -2.03. The Balaban J connectivity index is 0.965. The molecule has 0 saturated carbocycles. The SMILES string of the molecule is c1ccc2c(c1)ccc1sc3ccc(-c4ccc5c(c4)c4ccccc4n5-c4nc(-c5ccc(-n6c7ccccc7c7ccccc76)cc5)c5ccccc5n4)cc3c12. The van der Waals surface area contributed by atoms with Gasteiger partial charge in [0.1, 0.15) is 0 Å². The van der Waals surface area contributed by atoms with E-state index in [-0.39, 0.29) is 0 Å². The van der Waals surface area contributed by atoms with Crippen molar-refractivity contribution >= 4 is 96.8 Å². The molecule has 13 rings (SSSR count). The molecule has 13 aromatic rings. The molecule has 0 spiro atoms. The second-order valence-electron chi connectivity index (χ2n) is 15.4. The van der Waals surface area contributed by atoms with Gasteiger partial charge in [-0.15, -0.1) is 11.3 Å². The van der Waals surface area contributed by atoms with Crippen LogP contribution in [0.4, 0.5) is 0 Å². The molecular formula is C54H32N4S. The second kappa shape index (κ2) is 12.4. The van der Waals surface area contributed by atoms with Crippen LogP contribution in [-0.2, 0) is 0 Å². The standard InChI is InChI=1S/C54H32N4S/c1-2-12-38-33(11-1)24-30-51-52(38)44-32-36(25-29-50(44)59-51)35-23-28-49-43(31-35)41-15-6-10-20-48(41)58(49)54-55-45-17-7-3-16-42(45)53(56-54)34-21-26-37(27-22-34)57-46-18-8-4-13-39(46)40-14-5-9-19-47(40)57/h1-32H. The summed E-state index contributed by atoms with van der Waals surface area (Å²) in [5.74, 6) is 0.655. The van der Waals surface area contributed by atoms with Crippen LogP contribution in [0.2, 0.25) is 0 Å². The number of aromatic nitrogens is 4. The number of para-hydroxylation sites is 4. The van der Waals surface area contributed by atoms with Crippen molar-refractivity contribution in [2.45, 2.75) is 0 Å². The van der Waals surface area contributed by atoms with Crippen LogP contribution in [0.15, 0.2) is 194 Å². The largest absolute Gasteiger partial charge is 0.309 e. The molecule has 0 fully saturated rings. The molecule has 0 radical (unpaired) electrons.